The van der Waals surface area contributed by atoms with Gasteiger partial charge in [0.05, 0.1) is 11.5 Å². The maximum atomic E-state index is 10.9. The molecule has 6 heteroatoms. The first-order valence-electron chi connectivity index (χ1n) is 6.20. The van der Waals surface area contributed by atoms with Gasteiger partial charge in [-0.1, -0.05) is 6.07 Å². The van der Waals surface area contributed by atoms with Crippen molar-refractivity contribution in [3.05, 3.63) is 64.0 Å². The summed E-state index contributed by atoms with van der Waals surface area (Å²) in [6, 6.07) is 8.44. The Balaban J connectivity index is 2.06. The second-order valence-corrected chi connectivity index (χ2v) is 4.22. The van der Waals surface area contributed by atoms with Gasteiger partial charge in [0.15, 0.2) is 5.75 Å². The van der Waals surface area contributed by atoms with Gasteiger partial charge in [0.25, 0.3) is 0 Å². The summed E-state index contributed by atoms with van der Waals surface area (Å²) in [6.07, 6.45) is 4.06. The third kappa shape index (κ3) is 3.52. The maximum absolute atomic E-state index is 10.9. The molecule has 0 spiro atoms. The standard InChI is InChI=1S/C14H15N3O3/c15-10-12-1-2-13(17(18)19)14(9-12)20-8-5-11-3-6-16-7-4-11/h1-4,6-7,9H,5,8,10,15H2. The van der Waals surface area contributed by atoms with Crippen molar-refractivity contribution in [3.8, 4) is 5.75 Å². The molecule has 0 saturated carbocycles. The van der Waals surface area contributed by atoms with Crippen LogP contribution in [0.5, 0.6) is 5.75 Å². The summed E-state index contributed by atoms with van der Waals surface area (Å²) in [4.78, 5) is 14.4. The van der Waals surface area contributed by atoms with E-state index in [0.29, 0.717) is 19.6 Å². The number of benzene rings is 1. The van der Waals surface area contributed by atoms with Crippen molar-refractivity contribution in [2.75, 3.05) is 6.61 Å². The predicted molar refractivity (Wildman–Crippen MR) is 74.4 cm³/mol. The summed E-state index contributed by atoms with van der Waals surface area (Å²) in [7, 11) is 0. The minimum absolute atomic E-state index is 0.0445. The minimum Gasteiger partial charge on any atom is -0.486 e. The van der Waals surface area contributed by atoms with Crippen LogP contribution in [0, 0.1) is 10.1 Å². The Labute approximate surface area is 116 Å². The normalized spacial score (nSPS) is 10.2. The lowest BCUT2D eigenvalue weighted by molar-refractivity contribution is -0.385. The van der Waals surface area contributed by atoms with E-state index in [2.05, 4.69) is 4.98 Å². The van der Waals surface area contributed by atoms with Crippen LogP contribution < -0.4 is 10.5 Å². The number of nitro benzene ring substituents is 1. The molecular weight excluding hydrogens is 258 g/mol. The molecule has 0 saturated heterocycles. The van der Waals surface area contributed by atoms with E-state index < -0.39 is 4.92 Å². The zero-order valence-corrected chi connectivity index (χ0v) is 10.9. The molecule has 104 valence electrons. The molecule has 6 nitrogen and oxygen atoms in total. The predicted octanol–water partition coefficient (Wildman–Crippen LogP) is 2.07. The van der Waals surface area contributed by atoms with Crippen molar-refractivity contribution < 1.29 is 9.66 Å². The smallest absolute Gasteiger partial charge is 0.310 e. The Morgan fingerprint density at radius 3 is 2.60 bits per heavy atom. The van der Waals surface area contributed by atoms with Crippen LogP contribution >= 0.6 is 0 Å². The molecule has 0 aliphatic carbocycles. The second-order valence-electron chi connectivity index (χ2n) is 4.22. The van der Waals surface area contributed by atoms with Gasteiger partial charge in [-0.3, -0.25) is 15.1 Å². The monoisotopic (exact) mass is 273 g/mol. The molecule has 20 heavy (non-hydrogen) atoms. The van der Waals surface area contributed by atoms with Gasteiger partial charge in [0, 0.05) is 31.4 Å². The molecule has 2 N–H and O–H groups in total. The van der Waals surface area contributed by atoms with Gasteiger partial charge in [0.2, 0.25) is 0 Å². The largest absolute Gasteiger partial charge is 0.486 e. The summed E-state index contributed by atoms with van der Waals surface area (Å²) in [5.74, 6) is 0.256. The van der Waals surface area contributed by atoms with Crippen LogP contribution in [-0.4, -0.2) is 16.5 Å². The number of nitrogens with zero attached hydrogens (tertiary/aromatic N) is 2. The molecule has 0 bridgehead atoms. The summed E-state index contributed by atoms with van der Waals surface area (Å²) in [5, 5.41) is 10.9. The highest BCUT2D eigenvalue weighted by molar-refractivity contribution is 5.48. The van der Waals surface area contributed by atoms with Crippen LogP contribution in [0.4, 0.5) is 5.69 Å². The highest BCUT2D eigenvalue weighted by Gasteiger charge is 2.15. The van der Waals surface area contributed by atoms with Crippen LogP contribution in [0.15, 0.2) is 42.7 Å². The van der Waals surface area contributed by atoms with Crippen molar-refractivity contribution in [2.24, 2.45) is 5.73 Å². The summed E-state index contributed by atoms with van der Waals surface area (Å²) in [5.41, 5.74) is 7.36. The van der Waals surface area contributed by atoms with Gasteiger partial charge in [-0.2, -0.15) is 0 Å². The van der Waals surface area contributed by atoms with Crippen LogP contribution in [0.3, 0.4) is 0 Å². The summed E-state index contributed by atoms with van der Waals surface area (Å²) < 4.78 is 5.53. The van der Waals surface area contributed by atoms with Gasteiger partial charge in [-0.15, -0.1) is 0 Å². The second kappa shape index (κ2) is 6.63. The van der Waals surface area contributed by atoms with Crippen LogP contribution in [-0.2, 0) is 13.0 Å². The fraction of sp³-hybridized carbons (Fsp3) is 0.214. The van der Waals surface area contributed by atoms with Gasteiger partial charge in [-0.25, -0.2) is 0 Å². The molecule has 2 aromatic rings. The molecular formula is C14H15N3O3. The fourth-order valence-electron chi connectivity index (χ4n) is 1.78. The molecule has 0 aliphatic rings. The molecule has 1 heterocycles. The number of hydrogen-bond acceptors (Lipinski definition) is 5. The first-order valence-corrected chi connectivity index (χ1v) is 6.20. The van der Waals surface area contributed by atoms with Crippen LogP contribution in [0.1, 0.15) is 11.1 Å². The average Bonchev–Trinajstić information content (AvgIpc) is 2.48. The summed E-state index contributed by atoms with van der Waals surface area (Å²) >= 11 is 0. The van der Waals surface area contributed by atoms with Crippen molar-refractivity contribution >= 4 is 5.69 Å². The molecule has 1 aromatic carbocycles. The quantitative estimate of drug-likeness (QED) is 0.642. The number of hydrogen-bond donors (Lipinski definition) is 1. The molecule has 2 rings (SSSR count). The molecule has 0 fully saturated rings. The topological polar surface area (TPSA) is 91.3 Å². The molecule has 0 radical (unpaired) electrons. The molecule has 0 amide bonds. The first kappa shape index (κ1) is 14.0. The number of pyridine rings is 1. The van der Waals surface area contributed by atoms with E-state index in [1.54, 1.807) is 24.5 Å². The summed E-state index contributed by atoms with van der Waals surface area (Å²) in [6.45, 7) is 0.678. The van der Waals surface area contributed by atoms with E-state index in [9.17, 15) is 10.1 Å². The minimum atomic E-state index is -0.456. The maximum Gasteiger partial charge on any atom is 0.310 e. The van der Waals surface area contributed by atoms with Crippen LogP contribution in [0.2, 0.25) is 0 Å². The lowest BCUT2D eigenvalue weighted by Crippen LogP contribution is -2.05. The molecule has 0 unspecified atom stereocenters. The van der Waals surface area contributed by atoms with Crippen molar-refractivity contribution in [3.63, 3.8) is 0 Å². The molecule has 0 aliphatic heterocycles. The van der Waals surface area contributed by atoms with Gasteiger partial charge in [0.1, 0.15) is 0 Å². The highest BCUT2D eigenvalue weighted by Crippen LogP contribution is 2.28. The average molecular weight is 273 g/mol. The van der Waals surface area contributed by atoms with Gasteiger partial charge >= 0.3 is 5.69 Å². The lowest BCUT2D eigenvalue weighted by Gasteiger charge is -2.08. The Bertz CT molecular complexity index is 587. The third-order valence-electron chi connectivity index (χ3n) is 2.85. The van der Waals surface area contributed by atoms with Gasteiger partial charge in [-0.05, 0) is 29.3 Å². The van der Waals surface area contributed by atoms with Crippen molar-refractivity contribution in [1.82, 2.24) is 4.98 Å². The van der Waals surface area contributed by atoms with Crippen LogP contribution in [0.25, 0.3) is 0 Å². The van der Waals surface area contributed by atoms with E-state index in [4.69, 9.17) is 10.5 Å². The Hall–Kier alpha value is -2.47. The first-order chi connectivity index (χ1) is 9.70. The Morgan fingerprint density at radius 2 is 1.95 bits per heavy atom. The van der Waals surface area contributed by atoms with E-state index >= 15 is 0 Å². The number of aromatic nitrogens is 1. The van der Waals surface area contributed by atoms with Gasteiger partial charge < -0.3 is 10.5 Å². The number of ether oxygens (including phenoxy) is 1. The zero-order chi connectivity index (χ0) is 14.4. The number of rotatable bonds is 6. The van der Waals surface area contributed by atoms with E-state index in [-0.39, 0.29) is 11.4 Å². The van der Waals surface area contributed by atoms with E-state index in [1.807, 2.05) is 12.1 Å². The van der Waals surface area contributed by atoms with Crippen molar-refractivity contribution in [2.45, 2.75) is 13.0 Å². The SMILES string of the molecule is NCc1ccc([N+](=O)[O-])c(OCCc2ccncc2)c1. The Kier molecular flexibility index (Phi) is 4.62. The van der Waals surface area contributed by atoms with E-state index in [0.717, 1.165) is 11.1 Å². The molecule has 1 aromatic heterocycles. The molecule has 0 atom stereocenters. The lowest BCUT2D eigenvalue weighted by atomic mass is 10.2. The zero-order valence-electron chi connectivity index (χ0n) is 10.9. The fourth-order valence-corrected chi connectivity index (χ4v) is 1.78. The number of nitro groups is 1. The third-order valence-corrected chi connectivity index (χ3v) is 2.85. The number of nitrogens with two attached hydrogens (primary N) is 1. The highest BCUT2D eigenvalue weighted by atomic mass is 16.6. The van der Waals surface area contributed by atoms with E-state index in [1.165, 1.54) is 6.07 Å². The van der Waals surface area contributed by atoms with Crippen molar-refractivity contribution in [1.29, 1.82) is 0 Å². The Morgan fingerprint density at radius 1 is 1.20 bits per heavy atom.